The minimum absolute atomic E-state index is 0.140. The highest BCUT2D eigenvalue weighted by Crippen LogP contribution is 2.24. The number of rotatable bonds is 4. The standard InChI is InChI=1S/C13H11FN2O3/c1-2-19-12-4-3-8(5-9(12)14)10-6-11(13(17)18)16-7-15-10/h3-7H,2H2,1H3,(H,17,18). The quantitative estimate of drug-likeness (QED) is 0.915. The van der Waals surface area contributed by atoms with Crippen molar-refractivity contribution in [3.8, 4) is 17.0 Å². The predicted molar refractivity (Wildman–Crippen MR) is 65.6 cm³/mol. The van der Waals surface area contributed by atoms with Gasteiger partial charge in [0.25, 0.3) is 0 Å². The lowest BCUT2D eigenvalue weighted by atomic mass is 10.1. The molecule has 0 amide bonds. The van der Waals surface area contributed by atoms with E-state index in [1.165, 1.54) is 18.2 Å². The molecular formula is C13H11FN2O3. The molecule has 0 bridgehead atoms. The number of aromatic carboxylic acids is 1. The van der Waals surface area contributed by atoms with Crippen LogP contribution < -0.4 is 4.74 Å². The van der Waals surface area contributed by atoms with E-state index in [-0.39, 0.29) is 11.4 Å². The first kappa shape index (κ1) is 12.9. The van der Waals surface area contributed by atoms with Crippen LogP contribution >= 0.6 is 0 Å². The van der Waals surface area contributed by atoms with Gasteiger partial charge in [0.1, 0.15) is 6.33 Å². The topological polar surface area (TPSA) is 72.3 Å². The fourth-order valence-electron chi connectivity index (χ4n) is 1.56. The zero-order chi connectivity index (χ0) is 13.8. The van der Waals surface area contributed by atoms with Gasteiger partial charge >= 0.3 is 5.97 Å². The summed E-state index contributed by atoms with van der Waals surface area (Å²) in [5, 5.41) is 8.84. The Balaban J connectivity index is 2.39. The summed E-state index contributed by atoms with van der Waals surface area (Å²) in [5.74, 6) is -1.52. The molecule has 0 radical (unpaired) electrons. The van der Waals surface area contributed by atoms with Gasteiger partial charge in [0.05, 0.1) is 12.3 Å². The zero-order valence-electron chi connectivity index (χ0n) is 10.1. The third-order valence-corrected chi connectivity index (χ3v) is 2.41. The van der Waals surface area contributed by atoms with Crippen molar-refractivity contribution in [1.82, 2.24) is 9.97 Å². The zero-order valence-corrected chi connectivity index (χ0v) is 10.1. The van der Waals surface area contributed by atoms with Gasteiger partial charge in [-0.2, -0.15) is 0 Å². The van der Waals surface area contributed by atoms with Crippen molar-refractivity contribution in [3.63, 3.8) is 0 Å². The van der Waals surface area contributed by atoms with Crippen LogP contribution in [0.2, 0.25) is 0 Å². The van der Waals surface area contributed by atoms with Gasteiger partial charge in [-0.25, -0.2) is 19.2 Å². The molecule has 1 N–H and O–H groups in total. The highest BCUT2D eigenvalue weighted by molar-refractivity contribution is 5.86. The number of hydrogen-bond acceptors (Lipinski definition) is 4. The Kier molecular flexibility index (Phi) is 3.70. The Bertz CT molecular complexity index is 617. The van der Waals surface area contributed by atoms with E-state index in [1.807, 2.05) is 0 Å². The molecule has 19 heavy (non-hydrogen) atoms. The molecule has 2 rings (SSSR count). The van der Waals surface area contributed by atoms with Gasteiger partial charge in [-0.15, -0.1) is 0 Å². The van der Waals surface area contributed by atoms with E-state index < -0.39 is 11.8 Å². The van der Waals surface area contributed by atoms with Gasteiger partial charge in [-0.05, 0) is 31.2 Å². The van der Waals surface area contributed by atoms with Crippen molar-refractivity contribution in [1.29, 1.82) is 0 Å². The first-order chi connectivity index (χ1) is 9.11. The number of carbonyl (C=O) groups is 1. The van der Waals surface area contributed by atoms with Crippen LogP contribution in [-0.4, -0.2) is 27.7 Å². The first-order valence-corrected chi connectivity index (χ1v) is 5.60. The summed E-state index contributed by atoms with van der Waals surface area (Å²) in [6, 6.07) is 5.63. The second-order valence-electron chi connectivity index (χ2n) is 3.67. The van der Waals surface area contributed by atoms with Gasteiger partial charge in [-0.3, -0.25) is 0 Å². The van der Waals surface area contributed by atoms with Gasteiger partial charge in [0, 0.05) is 5.56 Å². The third kappa shape index (κ3) is 2.85. The molecule has 0 unspecified atom stereocenters. The van der Waals surface area contributed by atoms with Gasteiger partial charge in [-0.1, -0.05) is 0 Å². The number of aromatic nitrogens is 2. The van der Waals surface area contributed by atoms with Gasteiger partial charge in [0.15, 0.2) is 17.3 Å². The first-order valence-electron chi connectivity index (χ1n) is 5.60. The summed E-state index contributed by atoms with van der Waals surface area (Å²) >= 11 is 0. The van der Waals surface area contributed by atoms with Crippen LogP contribution in [0.25, 0.3) is 11.3 Å². The SMILES string of the molecule is CCOc1ccc(-c2cc(C(=O)O)ncn2)cc1F. The van der Waals surface area contributed by atoms with E-state index in [2.05, 4.69) is 9.97 Å². The number of ether oxygens (including phenoxy) is 1. The normalized spacial score (nSPS) is 10.2. The van der Waals surface area contributed by atoms with E-state index in [1.54, 1.807) is 13.0 Å². The Morgan fingerprint density at radius 1 is 1.37 bits per heavy atom. The van der Waals surface area contributed by atoms with Crippen molar-refractivity contribution in [3.05, 3.63) is 42.1 Å². The average molecular weight is 262 g/mol. The lowest BCUT2D eigenvalue weighted by molar-refractivity contribution is 0.0690. The Hall–Kier alpha value is -2.50. The van der Waals surface area contributed by atoms with Gasteiger partial charge in [0.2, 0.25) is 0 Å². The van der Waals surface area contributed by atoms with Crippen LogP contribution in [0.1, 0.15) is 17.4 Å². The summed E-state index contributed by atoms with van der Waals surface area (Å²) in [5.41, 5.74) is 0.666. The Labute approximate surface area is 108 Å². The molecule has 1 heterocycles. The van der Waals surface area contributed by atoms with Crippen molar-refractivity contribution in [2.24, 2.45) is 0 Å². The molecular weight excluding hydrogens is 251 g/mol. The van der Waals surface area contributed by atoms with Crippen LogP contribution in [0.3, 0.4) is 0 Å². The van der Waals surface area contributed by atoms with Crippen molar-refractivity contribution >= 4 is 5.97 Å². The number of carboxylic acid groups (broad SMARTS) is 1. The second kappa shape index (κ2) is 5.43. The minimum Gasteiger partial charge on any atom is -0.491 e. The van der Waals surface area contributed by atoms with Crippen LogP contribution in [-0.2, 0) is 0 Å². The number of benzene rings is 1. The number of halogens is 1. The van der Waals surface area contributed by atoms with E-state index in [0.29, 0.717) is 17.9 Å². The molecule has 0 aliphatic rings. The predicted octanol–water partition coefficient (Wildman–Crippen LogP) is 2.38. The van der Waals surface area contributed by atoms with E-state index >= 15 is 0 Å². The summed E-state index contributed by atoms with van der Waals surface area (Å²) in [7, 11) is 0. The molecule has 2 aromatic rings. The second-order valence-corrected chi connectivity index (χ2v) is 3.67. The van der Waals surface area contributed by atoms with E-state index in [0.717, 1.165) is 6.33 Å². The Morgan fingerprint density at radius 2 is 2.16 bits per heavy atom. The molecule has 0 saturated carbocycles. The third-order valence-electron chi connectivity index (χ3n) is 2.41. The van der Waals surface area contributed by atoms with Crippen LogP contribution in [0.4, 0.5) is 4.39 Å². The molecule has 0 aliphatic heterocycles. The van der Waals surface area contributed by atoms with Crippen molar-refractivity contribution < 1.29 is 19.0 Å². The smallest absolute Gasteiger partial charge is 0.354 e. The van der Waals surface area contributed by atoms with E-state index in [9.17, 15) is 9.18 Å². The molecule has 0 spiro atoms. The van der Waals surface area contributed by atoms with Crippen LogP contribution in [0, 0.1) is 5.82 Å². The largest absolute Gasteiger partial charge is 0.491 e. The molecule has 0 saturated heterocycles. The maximum absolute atomic E-state index is 13.7. The van der Waals surface area contributed by atoms with Gasteiger partial charge < -0.3 is 9.84 Å². The molecule has 0 atom stereocenters. The fraction of sp³-hybridized carbons (Fsp3) is 0.154. The van der Waals surface area contributed by atoms with Crippen LogP contribution in [0.15, 0.2) is 30.6 Å². The lowest BCUT2D eigenvalue weighted by Gasteiger charge is -2.06. The maximum Gasteiger partial charge on any atom is 0.354 e. The molecule has 6 heteroatoms. The molecule has 0 fully saturated rings. The molecule has 98 valence electrons. The lowest BCUT2D eigenvalue weighted by Crippen LogP contribution is -2.01. The highest BCUT2D eigenvalue weighted by Gasteiger charge is 2.10. The monoisotopic (exact) mass is 262 g/mol. The molecule has 0 aliphatic carbocycles. The molecule has 5 nitrogen and oxygen atoms in total. The summed E-state index contributed by atoms with van der Waals surface area (Å²) < 4.78 is 18.8. The summed E-state index contributed by atoms with van der Waals surface area (Å²) in [6.45, 7) is 2.13. The number of carboxylic acids is 1. The van der Waals surface area contributed by atoms with Crippen molar-refractivity contribution in [2.75, 3.05) is 6.61 Å². The number of hydrogen-bond donors (Lipinski definition) is 1. The van der Waals surface area contributed by atoms with Crippen LogP contribution in [0.5, 0.6) is 5.75 Å². The Morgan fingerprint density at radius 3 is 2.79 bits per heavy atom. The molecule has 1 aromatic heterocycles. The van der Waals surface area contributed by atoms with Crippen molar-refractivity contribution in [2.45, 2.75) is 6.92 Å². The average Bonchev–Trinajstić information content (AvgIpc) is 2.41. The fourth-order valence-corrected chi connectivity index (χ4v) is 1.56. The number of nitrogens with zero attached hydrogens (tertiary/aromatic N) is 2. The minimum atomic E-state index is -1.16. The highest BCUT2D eigenvalue weighted by atomic mass is 19.1. The summed E-state index contributed by atoms with van der Waals surface area (Å²) in [4.78, 5) is 18.3. The summed E-state index contributed by atoms with van der Waals surface area (Å²) in [6.07, 6.45) is 1.13. The maximum atomic E-state index is 13.7. The molecule has 1 aromatic carbocycles. The van der Waals surface area contributed by atoms with E-state index in [4.69, 9.17) is 9.84 Å².